The number of unbranched alkanes of at least 4 members (excludes halogenated alkanes) is 1. The molecule has 0 bridgehead atoms. The summed E-state index contributed by atoms with van der Waals surface area (Å²) in [5, 5.41) is 2.86. The van der Waals surface area contributed by atoms with Crippen molar-refractivity contribution in [3.8, 4) is 0 Å². The van der Waals surface area contributed by atoms with Crippen LogP contribution in [0.4, 0.5) is 4.39 Å². The number of hydrogen-bond donors (Lipinski definition) is 1. The minimum absolute atomic E-state index is 0.0485. The zero-order chi connectivity index (χ0) is 14.9. The van der Waals surface area contributed by atoms with E-state index in [1.54, 1.807) is 12.1 Å². The Hall–Kier alpha value is -2.16. The van der Waals surface area contributed by atoms with Crippen LogP contribution in [-0.2, 0) is 17.8 Å². The van der Waals surface area contributed by atoms with E-state index in [-0.39, 0.29) is 11.7 Å². The first kappa shape index (κ1) is 15.2. The molecule has 0 saturated heterocycles. The molecule has 0 heterocycles. The Bertz CT molecular complexity index is 551. The minimum atomic E-state index is -0.258. The zero-order valence-corrected chi connectivity index (χ0v) is 12.0. The van der Waals surface area contributed by atoms with Gasteiger partial charge in [-0.05, 0) is 42.5 Å². The molecule has 3 heteroatoms. The lowest BCUT2D eigenvalue weighted by atomic mass is 10.1. The third kappa shape index (κ3) is 5.78. The van der Waals surface area contributed by atoms with Crippen LogP contribution >= 0.6 is 0 Å². The van der Waals surface area contributed by atoms with Crippen LogP contribution in [0, 0.1) is 5.82 Å². The van der Waals surface area contributed by atoms with Crippen LogP contribution in [0.15, 0.2) is 54.6 Å². The molecule has 0 unspecified atom stereocenters. The molecule has 2 aromatic rings. The molecule has 2 rings (SSSR count). The quantitative estimate of drug-likeness (QED) is 0.769. The maximum Gasteiger partial charge on any atom is 0.220 e. The van der Waals surface area contributed by atoms with Gasteiger partial charge in [0.05, 0.1) is 0 Å². The molecule has 0 radical (unpaired) electrons. The Labute approximate surface area is 125 Å². The molecule has 0 saturated carbocycles. The third-order valence-electron chi connectivity index (χ3n) is 3.37. The van der Waals surface area contributed by atoms with E-state index in [0.717, 1.165) is 24.8 Å². The Morgan fingerprint density at radius 2 is 1.62 bits per heavy atom. The van der Waals surface area contributed by atoms with Gasteiger partial charge in [-0.25, -0.2) is 4.39 Å². The van der Waals surface area contributed by atoms with E-state index in [1.165, 1.54) is 17.7 Å². The highest BCUT2D eigenvalue weighted by molar-refractivity contribution is 5.75. The van der Waals surface area contributed by atoms with Gasteiger partial charge in [-0.2, -0.15) is 0 Å². The molecular formula is C18H20FNO. The lowest BCUT2D eigenvalue weighted by molar-refractivity contribution is -0.121. The number of benzene rings is 2. The number of amides is 1. The topological polar surface area (TPSA) is 29.1 Å². The Kier molecular flexibility index (Phi) is 5.95. The molecule has 0 spiro atoms. The van der Waals surface area contributed by atoms with Gasteiger partial charge in [0.15, 0.2) is 0 Å². The average molecular weight is 285 g/mol. The van der Waals surface area contributed by atoms with E-state index < -0.39 is 0 Å². The summed E-state index contributed by atoms with van der Waals surface area (Å²) in [5.41, 5.74) is 2.22. The Morgan fingerprint density at radius 1 is 0.905 bits per heavy atom. The average Bonchev–Trinajstić information content (AvgIpc) is 2.52. The summed E-state index contributed by atoms with van der Waals surface area (Å²) >= 11 is 0. The van der Waals surface area contributed by atoms with Crippen LogP contribution in [0.5, 0.6) is 0 Å². The van der Waals surface area contributed by atoms with Crippen LogP contribution in [0.3, 0.4) is 0 Å². The number of nitrogens with one attached hydrogen (secondary N) is 1. The first-order valence-corrected chi connectivity index (χ1v) is 7.29. The molecule has 0 aromatic heterocycles. The zero-order valence-electron chi connectivity index (χ0n) is 12.0. The highest BCUT2D eigenvalue weighted by Gasteiger charge is 2.02. The second-order valence-electron chi connectivity index (χ2n) is 5.10. The Balaban J connectivity index is 1.60. The first-order chi connectivity index (χ1) is 10.2. The van der Waals surface area contributed by atoms with E-state index in [0.29, 0.717) is 13.0 Å². The molecule has 0 fully saturated rings. The number of halogens is 1. The summed E-state index contributed by atoms with van der Waals surface area (Å²) in [7, 11) is 0. The number of hydrogen-bond acceptors (Lipinski definition) is 1. The number of rotatable bonds is 7. The predicted octanol–water partition coefficient (Wildman–Crippen LogP) is 3.85. The molecule has 0 atom stereocenters. The van der Waals surface area contributed by atoms with Crippen LogP contribution in [0.1, 0.15) is 30.4 Å². The summed E-state index contributed by atoms with van der Waals surface area (Å²) in [4.78, 5) is 11.7. The van der Waals surface area contributed by atoms with E-state index in [2.05, 4.69) is 17.4 Å². The number of carbonyl (C=O) groups excluding carboxylic acids is 1. The standard InChI is InChI=1S/C18H20FNO/c19-17-12-10-16(11-13-17)14-20-18(21)9-5-4-8-15-6-2-1-3-7-15/h1-3,6-7,10-13H,4-5,8-9,14H2,(H,20,21). The highest BCUT2D eigenvalue weighted by Crippen LogP contribution is 2.06. The first-order valence-electron chi connectivity index (χ1n) is 7.29. The van der Waals surface area contributed by atoms with Crippen LogP contribution < -0.4 is 5.32 Å². The van der Waals surface area contributed by atoms with Gasteiger partial charge < -0.3 is 5.32 Å². The molecule has 1 amide bonds. The van der Waals surface area contributed by atoms with Gasteiger partial charge in [-0.15, -0.1) is 0 Å². The van der Waals surface area contributed by atoms with Crippen molar-refractivity contribution in [2.75, 3.05) is 0 Å². The summed E-state index contributed by atoms with van der Waals surface area (Å²) < 4.78 is 12.7. The van der Waals surface area contributed by atoms with Crippen molar-refractivity contribution in [2.24, 2.45) is 0 Å². The summed E-state index contributed by atoms with van der Waals surface area (Å²) in [6.45, 7) is 0.456. The van der Waals surface area contributed by atoms with Gasteiger partial charge in [-0.3, -0.25) is 4.79 Å². The van der Waals surface area contributed by atoms with Gasteiger partial charge >= 0.3 is 0 Å². The molecule has 2 aromatic carbocycles. The van der Waals surface area contributed by atoms with Crippen LogP contribution in [0.25, 0.3) is 0 Å². The fourth-order valence-corrected chi connectivity index (χ4v) is 2.15. The van der Waals surface area contributed by atoms with Crippen molar-refractivity contribution < 1.29 is 9.18 Å². The van der Waals surface area contributed by atoms with Gasteiger partial charge in [-0.1, -0.05) is 42.5 Å². The monoisotopic (exact) mass is 285 g/mol. The van der Waals surface area contributed by atoms with E-state index in [9.17, 15) is 9.18 Å². The van der Waals surface area contributed by atoms with E-state index in [1.807, 2.05) is 18.2 Å². The van der Waals surface area contributed by atoms with Gasteiger partial charge in [0.2, 0.25) is 5.91 Å². The van der Waals surface area contributed by atoms with Gasteiger partial charge in [0, 0.05) is 13.0 Å². The molecular weight excluding hydrogens is 265 g/mol. The lowest BCUT2D eigenvalue weighted by Crippen LogP contribution is -2.22. The molecule has 2 nitrogen and oxygen atoms in total. The van der Waals surface area contributed by atoms with Crippen molar-refractivity contribution in [1.29, 1.82) is 0 Å². The number of carbonyl (C=O) groups is 1. The maximum atomic E-state index is 12.7. The molecule has 0 aliphatic heterocycles. The second kappa shape index (κ2) is 8.20. The largest absolute Gasteiger partial charge is 0.352 e. The molecule has 0 aliphatic rings. The molecule has 110 valence electrons. The van der Waals surface area contributed by atoms with E-state index >= 15 is 0 Å². The lowest BCUT2D eigenvalue weighted by Gasteiger charge is -2.05. The fourth-order valence-electron chi connectivity index (χ4n) is 2.15. The van der Waals surface area contributed by atoms with Gasteiger partial charge in [0.25, 0.3) is 0 Å². The fraction of sp³-hybridized carbons (Fsp3) is 0.278. The maximum absolute atomic E-state index is 12.7. The third-order valence-corrected chi connectivity index (χ3v) is 3.37. The molecule has 21 heavy (non-hydrogen) atoms. The second-order valence-corrected chi connectivity index (χ2v) is 5.10. The SMILES string of the molecule is O=C(CCCCc1ccccc1)NCc1ccc(F)cc1. The number of aryl methyl sites for hydroxylation is 1. The van der Waals surface area contributed by atoms with Crippen molar-refractivity contribution in [1.82, 2.24) is 5.32 Å². The van der Waals surface area contributed by atoms with Crippen molar-refractivity contribution in [2.45, 2.75) is 32.2 Å². The van der Waals surface area contributed by atoms with Crippen LogP contribution in [0.2, 0.25) is 0 Å². The molecule has 1 N–H and O–H groups in total. The Morgan fingerprint density at radius 3 is 2.33 bits per heavy atom. The van der Waals surface area contributed by atoms with Crippen molar-refractivity contribution in [3.63, 3.8) is 0 Å². The van der Waals surface area contributed by atoms with E-state index in [4.69, 9.17) is 0 Å². The van der Waals surface area contributed by atoms with Crippen LogP contribution in [-0.4, -0.2) is 5.91 Å². The summed E-state index contributed by atoms with van der Waals surface area (Å²) in [5.74, 6) is -0.210. The summed E-state index contributed by atoms with van der Waals surface area (Å²) in [6.07, 6.45) is 3.43. The normalized spacial score (nSPS) is 10.3. The summed E-state index contributed by atoms with van der Waals surface area (Å²) in [6, 6.07) is 16.5. The highest BCUT2D eigenvalue weighted by atomic mass is 19.1. The van der Waals surface area contributed by atoms with Crippen molar-refractivity contribution >= 4 is 5.91 Å². The smallest absolute Gasteiger partial charge is 0.220 e. The van der Waals surface area contributed by atoms with Crippen molar-refractivity contribution in [3.05, 3.63) is 71.5 Å². The molecule has 0 aliphatic carbocycles. The van der Waals surface area contributed by atoms with Gasteiger partial charge in [0.1, 0.15) is 5.82 Å². The predicted molar refractivity (Wildman–Crippen MR) is 82.2 cm³/mol. The minimum Gasteiger partial charge on any atom is -0.352 e.